The fourth-order valence-electron chi connectivity index (χ4n) is 3.12. The first kappa shape index (κ1) is 22.5. The predicted molar refractivity (Wildman–Crippen MR) is 108 cm³/mol. The molecule has 0 amide bonds. The van der Waals surface area contributed by atoms with Crippen LogP contribution in [0, 0.1) is 5.82 Å². The van der Waals surface area contributed by atoms with Crippen molar-refractivity contribution < 1.29 is 9.50 Å². The third-order valence-electron chi connectivity index (χ3n) is 4.73. The smallest absolute Gasteiger partial charge is 0.123 e. The number of allylic oxidation sites excluding steroid dienone is 1. The third-order valence-corrected chi connectivity index (χ3v) is 13.8. The molecule has 1 aliphatic rings. The first-order chi connectivity index (χ1) is 12.1. The van der Waals surface area contributed by atoms with Crippen LogP contribution in [0.2, 0.25) is 13.3 Å². The summed E-state index contributed by atoms with van der Waals surface area (Å²) in [4.78, 5) is 0. The number of rotatable bonds is 9. The molecule has 0 aromatic heterocycles. The summed E-state index contributed by atoms with van der Waals surface area (Å²) in [5.74, 6) is -0.381. The zero-order valence-corrected chi connectivity index (χ0v) is 19.2. The molecule has 0 aliphatic heterocycles. The Morgan fingerprint density at radius 1 is 0.960 bits per heavy atom. The molecule has 0 N–H and O–H groups in total. The number of hydrogen-bond donors (Lipinski definition) is 0. The van der Waals surface area contributed by atoms with E-state index in [-0.39, 0.29) is 11.6 Å². The Labute approximate surface area is 161 Å². The van der Waals surface area contributed by atoms with E-state index in [0.717, 1.165) is 18.4 Å². The van der Waals surface area contributed by atoms with Crippen LogP contribution in [0.5, 0.6) is 0 Å². The van der Waals surface area contributed by atoms with Crippen molar-refractivity contribution in [3.8, 4) is 0 Å². The van der Waals surface area contributed by atoms with E-state index in [1.807, 2.05) is 0 Å². The molecule has 0 saturated heterocycles. The zero-order valence-electron chi connectivity index (χ0n) is 16.4. The Bertz CT molecular complexity index is 494. The molecule has 0 spiro atoms. The van der Waals surface area contributed by atoms with Gasteiger partial charge < -0.3 is 5.11 Å². The molecule has 140 valence electrons. The average Bonchev–Trinajstić information content (AvgIpc) is 2.62. The minimum absolute atomic E-state index is 0.0456. The van der Waals surface area contributed by atoms with Crippen LogP contribution in [0.1, 0.15) is 76.8 Å². The number of aryl methyl sites for hydroxylation is 1. The van der Waals surface area contributed by atoms with Crippen LogP contribution in [0.15, 0.2) is 24.3 Å². The topological polar surface area (TPSA) is 23.1 Å². The fraction of sp³-hybridized carbons (Fsp3) is 0.636. The first-order valence-corrected chi connectivity index (χ1v) is 16.2. The van der Waals surface area contributed by atoms with Gasteiger partial charge in [0.05, 0.1) is 0 Å². The second-order valence-electron chi connectivity index (χ2n) is 6.97. The molecule has 25 heavy (non-hydrogen) atoms. The van der Waals surface area contributed by atoms with Gasteiger partial charge in [-0.25, -0.2) is 4.39 Å². The van der Waals surface area contributed by atoms with Crippen LogP contribution in [-0.2, 0) is 6.42 Å². The SMILES string of the molecule is CCC[CH2][Sn+]([CH2]CCC)[CH2]CCC.[O-]C1=CCCc2ccc(F)cc21. The summed E-state index contributed by atoms with van der Waals surface area (Å²) in [5.41, 5.74) is 1.49. The fourth-order valence-corrected chi connectivity index (χ4v) is 12.6. The molecular formula is C22H35FOSn. The molecule has 0 fully saturated rings. The molecule has 0 heterocycles. The van der Waals surface area contributed by atoms with Crippen LogP contribution in [0.25, 0.3) is 5.76 Å². The number of benzene rings is 1. The van der Waals surface area contributed by atoms with Gasteiger partial charge in [0.2, 0.25) is 0 Å². The van der Waals surface area contributed by atoms with Crippen LogP contribution >= 0.6 is 0 Å². The maximum Gasteiger partial charge on any atom is 0.123 e. The number of halogens is 1. The van der Waals surface area contributed by atoms with Crippen molar-refractivity contribution in [1.82, 2.24) is 0 Å². The summed E-state index contributed by atoms with van der Waals surface area (Å²) in [6.45, 7) is 7.00. The Morgan fingerprint density at radius 2 is 1.52 bits per heavy atom. The van der Waals surface area contributed by atoms with E-state index in [1.165, 1.54) is 50.7 Å². The largest absolute Gasteiger partial charge is 0.872 e. The van der Waals surface area contributed by atoms with E-state index >= 15 is 0 Å². The molecule has 2 rings (SSSR count). The van der Waals surface area contributed by atoms with E-state index in [4.69, 9.17) is 0 Å². The summed E-state index contributed by atoms with van der Waals surface area (Å²) in [5, 5.41) is 11.2. The molecule has 1 aliphatic carbocycles. The van der Waals surface area contributed by atoms with Crippen LogP contribution in [0.4, 0.5) is 4.39 Å². The molecule has 3 heteroatoms. The van der Waals surface area contributed by atoms with Gasteiger partial charge in [-0.1, -0.05) is 12.1 Å². The van der Waals surface area contributed by atoms with Crippen molar-refractivity contribution in [2.75, 3.05) is 0 Å². The Morgan fingerprint density at radius 3 is 2.04 bits per heavy atom. The number of fused-ring (bicyclic) bond motifs is 1. The molecule has 1 nitrogen and oxygen atoms in total. The van der Waals surface area contributed by atoms with Gasteiger partial charge in [-0.05, 0) is 36.1 Å². The number of hydrogen-bond acceptors (Lipinski definition) is 1. The van der Waals surface area contributed by atoms with Crippen molar-refractivity contribution in [2.24, 2.45) is 0 Å². The summed E-state index contributed by atoms with van der Waals surface area (Å²) >= 11 is -0.839. The maximum atomic E-state index is 12.7. The molecule has 1 aromatic rings. The molecule has 0 saturated carbocycles. The maximum absolute atomic E-state index is 12.7. The Kier molecular flexibility index (Phi) is 12.3. The predicted octanol–water partition coefficient (Wildman–Crippen LogP) is 6.35. The van der Waals surface area contributed by atoms with Gasteiger partial charge in [0.1, 0.15) is 5.82 Å². The third kappa shape index (κ3) is 9.12. The van der Waals surface area contributed by atoms with Gasteiger partial charge in [0.15, 0.2) is 0 Å². The van der Waals surface area contributed by atoms with Crippen molar-refractivity contribution >= 4 is 25.5 Å². The molecule has 0 radical (unpaired) electrons. The van der Waals surface area contributed by atoms with Gasteiger partial charge in [0, 0.05) is 0 Å². The quantitative estimate of drug-likeness (QED) is 0.400. The Balaban J connectivity index is 0.000000250. The summed E-state index contributed by atoms with van der Waals surface area (Å²) < 4.78 is 17.7. The molecule has 0 atom stereocenters. The van der Waals surface area contributed by atoms with Crippen LogP contribution in [0.3, 0.4) is 0 Å². The first-order valence-electron chi connectivity index (χ1n) is 10.1. The monoisotopic (exact) mass is 454 g/mol. The van der Waals surface area contributed by atoms with Crippen molar-refractivity contribution in [1.29, 1.82) is 0 Å². The zero-order chi connectivity index (χ0) is 18.5. The normalized spacial score (nSPS) is 12.7. The molecule has 0 unspecified atom stereocenters. The second-order valence-corrected chi connectivity index (χ2v) is 15.5. The minimum Gasteiger partial charge on any atom is -0.872 e. The standard InChI is InChI=1S/C10H9FO.3C4H9.Sn/c11-8-5-4-7-2-1-3-10(12)9(7)6-8;3*1-3-4-2;/h3-6,12H,1-2H2;3*1,3-4H2,2H3;/q;;;;+1/p-1. The van der Waals surface area contributed by atoms with Crippen LogP contribution < -0.4 is 5.11 Å². The van der Waals surface area contributed by atoms with E-state index in [0.29, 0.717) is 5.56 Å². The van der Waals surface area contributed by atoms with Gasteiger partial charge in [-0.15, -0.1) is 5.76 Å². The van der Waals surface area contributed by atoms with E-state index in [9.17, 15) is 9.50 Å². The van der Waals surface area contributed by atoms with E-state index in [1.54, 1.807) is 25.5 Å². The van der Waals surface area contributed by atoms with Gasteiger partial charge in [0.25, 0.3) is 0 Å². The van der Waals surface area contributed by atoms with Crippen molar-refractivity contribution in [2.45, 2.75) is 85.4 Å². The van der Waals surface area contributed by atoms with Crippen molar-refractivity contribution in [3.05, 3.63) is 41.2 Å². The molecule has 1 aromatic carbocycles. The van der Waals surface area contributed by atoms with Crippen LogP contribution in [-0.4, -0.2) is 19.8 Å². The minimum atomic E-state index is -0.839. The molecule has 0 bridgehead atoms. The molecular weight excluding hydrogens is 418 g/mol. The van der Waals surface area contributed by atoms with Gasteiger partial charge >= 0.3 is 92.4 Å². The van der Waals surface area contributed by atoms with E-state index < -0.39 is 19.8 Å². The van der Waals surface area contributed by atoms with Gasteiger partial charge in [-0.3, -0.25) is 0 Å². The summed E-state index contributed by atoms with van der Waals surface area (Å²) in [7, 11) is 0. The summed E-state index contributed by atoms with van der Waals surface area (Å²) in [6.07, 6.45) is 12.1. The second kappa shape index (κ2) is 13.7. The Hall–Kier alpha value is -0.511. The summed E-state index contributed by atoms with van der Waals surface area (Å²) in [6, 6.07) is 4.40. The average molecular weight is 453 g/mol. The van der Waals surface area contributed by atoms with Gasteiger partial charge in [-0.2, -0.15) is 0 Å². The van der Waals surface area contributed by atoms with Crippen molar-refractivity contribution in [3.63, 3.8) is 0 Å². The number of unbranched alkanes of at least 4 members (excludes halogenated alkanes) is 3. The van der Waals surface area contributed by atoms with E-state index in [2.05, 4.69) is 20.8 Å².